The fourth-order valence-electron chi connectivity index (χ4n) is 3.22. The van der Waals surface area contributed by atoms with Crippen LogP contribution in [0.4, 0.5) is 11.4 Å². The van der Waals surface area contributed by atoms with E-state index in [2.05, 4.69) is 10.3 Å². The van der Waals surface area contributed by atoms with Crippen molar-refractivity contribution in [1.29, 1.82) is 0 Å². The van der Waals surface area contributed by atoms with Gasteiger partial charge in [-0.1, -0.05) is 23.7 Å². The standard InChI is InChI=1S/C22H16ClN3O4/c1-12-8-13(2)20-19(9-12)25-22(30-20)17-11-15(6-7-18(17)23)24-21(27)14-4-3-5-16(10-14)26(28)29/h3-11H,1-2H3,(H,24,27). The number of nitro groups is 1. The Morgan fingerprint density at radius 2 is 1.93 bits per heavy atom. The molecule has 0 aliphatic carbocycles. The van der Waals surface area contributed by atoms with Crippen LogP contribution in [0.3, 0.4) is 0 Å². The van der Waals surface area contributed by atoms with Gasteiger partial charge in [-0.05, 0) is 55.3 Å². The van der Waals surface area contributed by atoms with Crippen LogP contribution < -0.4 is 5.32 Å². The van der Waals surface area contributed by atoms with Gasteiger partial charge in [-0.25, -0.2) is 4.98 Å². The molecule has 1 amide bonds. The molecule has 0 radical (unpaired) electrons. The molecule has 0 bridgehead atoms. The highest BCUT2D eigenvalue weighted by Gasteiger charge is 2.16. The van der Waals surface area contributed by atoms with Crippen molar-refractivity contribution in [2.45, 2.75) is 13.8 Å². The van der Waals surface area contributed by atoms with E-state index < -0.39 is 10.8 Å². The number of oxazole rings is 1. The fourth-order valence-corrected chi connectivity index (χ4v) is 3.42. The Balaban J connectivity index is 1.67. The highest BCUT2D eigenvalue weighted by atomic mass is 35.5. The zero-order valence-electron chi connectivity index (χ0n) is 16.1. The first-order valence-corrected chi connectivity index (χ1v) is 9.43. The third-order valence-corrected chi connectivity index (χ3v) is 4.92. The van der Waals surface area contributed by atoms with E-state index in [1.807, 2.05) is 26.0 Å². The van der Waals surface area contributed by atoms with Gasteiger partial charge in [0.25, 0.3) is 11.6 Å². The molecule has 7 nitrogen and oxygen atoms in total. The molecule has 0 atom stereocenters. The molecule has 30 heavy (non-hydrogen) atoms. The Bertz CT molecular complexity index is 1310. The minimum absolute atomic E-state index is 0.156. The van der Waals surface area contributed by atoms with Crippen LogP contribution >= 0.6 is 11.6 Å². The van der Waals surface area contributed by atoms with Crippen molar-refractivity contribution in [3.05, 3.63) is 86.4 Å². The van der Waals surface area contributed by atoms with Crippen LogP contribution in [0.15, 0.2) is 59.0 Å². The summed E-state index contributed by atoms with van der Waals surface area (Å²) in [6.07, 6.45) is 0. The zero-order valence-corrected chi connectivity index (χ0v) is 16.9. The quantitative estimate of drug-likeness (QED) is 0.325. The van der Waals surface area contributed by atoms with Crippen LogP contribution in [0, 0.1) is 24.0 Å². The third-order valence-electron chi connectivity index (χ3n) is 4.59. The molecule has 1 aromatic heterocycles. The average Bonchev–Trinajstić information content (AvgIpc) is 3.13. The van der Waals surface area contributed by atoms with E-state index in [9.17, 15) is 14.9 Å². The Labute approximate surface area is 176 Å². The monoisotopic (exact) mass is 421 g/mol. The maximum absolute atomic E-state index is 12.5. The molecule has 4 rings (SSSR count). The topological polar surface area (TPSA) is 98.3 Å². The van der Waals surface area contributed by atoms with Gasteiger partial charge in [0.1, 0.15) is 5.52 Å². The molecule has 8 heteroatoms. The summed E-state index contributed by atoms with van der Waals surface area (Å²) in [5, 5.41) is 14.1. The average molecular weight is 422 g/mol. The minimum atomic E-state index is -0.547. The van der Waals surface area contributed by atoms with Crippen LogP contribution in [0.25, 0.3) is 22.6 Å². The highest BCUT2D eigenvalue weighted by Crippen LogP contribution is 2.33. The number of benzene rings is 3. The number of aryl methyl sites for hydroxylation is 2. The smallest absolute Gasteiger partial charge is 0.270 e. The number of anilines is 1. The maximum atomic E-state index is 12.5. The van der Waals surface area contributed by atoms with E-state index in [0.717, 1.165) is 16.6 Å². The lowest BCUT2D eigenvalue weighted by atomic mass is 10.1. The van der Waals surface area contributed by atoms with Gasteiger partial charge >= 0.3 is 0 Å². The number of carbonyl (C=O) groups excluding carboxylic acids is 1. The van der Waals surface area contributed by atoms with E-state index >= 15 is 0 Å². The summed E-state index contributed by atoms with van der Waals surface area (Å²) in [5.41, 5.74) is 4.45. The number of halogens is 1. The molecule has 3 aromatic carbocycles. The number of non-ortho nitro benzene ring substituents is 1. The number of aromatic nitrogens is 1. The van der Waals surface area contributed by atoms with Gasteiger partial charge in [0.2, 0.25) is 5.89 Å². The molecular weight excluding hydrogens is 406 g/mol. The van der Waals surface area contributed by atoms with E-state index in [1.54, 1.807) is 18.2 Å². The second-order valence-electron chi connectivity index (χ2n) is 6.91. The van der Waals surface area contributed by atoms with Gasteiger partial charge in [-0.3, -0.25) is 14.9 Å². The van der Waals surface area contributed by atoms with E-state index in [4.69, 9.17) is 16.0 Å². The second-order valence-corrected chi connectivity index (χ2v) is 7.31. The first kappa shape index (κ1) is 19.6. The number of nitrogens with zero attached hydrogens (tertiary/aromatic N) is 2. The number of amides is 1. The van der Waals surface area contributed by atoms with Crippen molar-refractivity contribution in [2.24, 2.45) is 0 Å². The van der Waals surface area contributed by atoms with Crippen molar-refractivity contribution in [3.63, 3.8) is 0 Å². The van der Waals surface area contributed by atoms with Crippen LogP contribution in [0.2, 0.25) is 5.02 Å². The molecule has 0 unspecified atom stereocenters. The number of rotatable bonds is 4. The number of fused-ring (bicyclic) bond motifs is 1. The molecule has 1 N–H and O–H groups in total. The van der Waals surface area contributed by atoms with E-state index in [0.29, 0.717) is 27.7 Å². The number of carbonyl (C=O) groups is 1. The normalized spacial score (nSPS) is 10.9. The van der Waals surface area contributed by atoms with E-state index in [1.165, 1.54) is 24.3 Å². The number of nitro benzene ring substituents is 1. The molecule has 0 aliphatic heterocycles. The molecule has 0 aliphatic rings. The lowest BCUT2D eigenvalue weighted by Gasteiger charge is -2.08. The molecule has 150 valence electrons. The number of nitrogens with one attached hydrogen (secondary N) is 1. The molecule has 4 aromatic rings. The fraction of sp³-hybridized carbons (Fsp3) is 0.0909. The summed E-state index contributed by atoms with van der Waals surface area (Å²) >= 11 is 6.35. The summed E-state index contributed by atoms with van der Waals surface area (Å²) in [6, 6.07) is 14.4. The predicted molar refractivity (Wildman–Crippen MR) is 115 cm³/mol. The first-order chi connectivity index (χ1) is 14.3. The third kappa shape index (κ3) is 3.75. The van der Waals surface area contributed by atoms with Gasteiger partial charge < -0.3 is 9.73 Å². The van der Waals surface area contributed by atoms with Crippen molar-refractivity contribution in [3.8, 4) is 11.5 Å². The predicted octanol–water partition coefficient (Wildman–Crippen LogP) is 5.93. The Kier molecular flexibility index (Phi) is 4.97. The summed E-state index contributed by atoms with van der Waals surface area (Å²) in [4.78, 5) is 27.5. The van der Waals surface area contributed by atoms with Crippen molar-refractivity contribution < 1.29 is 14.1 Å². The number of hydrogen-bond donors (Lipinski definition) is 1. The minimum Gasteiger partial charge on any atom is -0.436 e. The summed E-state index contributed by atoms with van der Waals surface area (Å²) in [5.74, 6) is -0.133. The zero-order chi connectivity index (χ0) is 21.4. The first-order valence-electron chi connectivity index (χ1n) is 9.05. The Morgan fingerprint density at radius 1 is 1.13 bits per heavy atom. The van der Waals surface area contributed by atoms with Crippen LogP contribution in [0.5, 0.6) is 0 Å². The molecule has 0 spiro atoms. The lowest BCUT2D eigenvalue weighted by Crippen LogP contribution is -2.12. The second kappa shape index (κ2) is 7.61. The SMILES string of the molecule is Cc1cc(C)c2oc(-c3cc(NC(=O)c4cccc([N+](=O)[O-])c4)ccc3Cl)nc2c1. The molecule has 0 saturated heterocycles. The molecule has 0 saturated carbocycles. The lowest BCUT2D eigenvalue weighted by molar-refractivity contribution is -0.384. The van der Waals surface area contributed by atoms with Gasteiger partial charge in [0.05, 0.1) is 15.5 Å². The molecule has 0 fully saturated rings. The summed E-state index contributed by atoms with van der Waals surface area (Å²) < 4.78 is 5.92. The Morgan fingerprint density at radius 3 is 2.70 bits per heavy atom. The maximum Gasteiger partial charge on any atom is 0.270 e. The van der Waals surface area contributed by atoms with Gasteiger partial charge in [-0.2, -0.15) is 0 Å². The van der Waals surface area contributed by atoms with Gasteiger partial charge in [-0.15, -0.1) is 0 Å². The van der Waals surface area contributed by atoms with Gasteiger partial charge in [0, 0.05) is 23.4 Å². The largest absolute Gasteiger partial charge is 0.436 e. The van der Waals surface area contributed by atoms with Crippen molar-refractivity contribution >= 4 is 40.0 Å². The van der Waals surface area contributed by atoms with Crippen molar-refractivity contribution in [1.82, 2.24) is 4.98 Å². The van der Waals surface area contributed by atoms with Crippen LogP contribution in [-0.2, 0) is 0 Å². The van der Waals surface area contributed by atoms with Crippen LogP contribution in [-0.4, -0.2) is 15.8 Å². The van der Waals surface area contributed by atoms with Crippen molar-refractivity contribution in [2.75, 3.05) is 5.32 Å². The van der Waals surface area contributed by atoms with Gasteiger partial charge in [0.15, 0.2) is 5.58 Å². The van der Waals surface area contributed by atoms with Crippen LogP contribution in [0.1, 0.15) is 21.5 Å². The van der Waals surface area contributed by atoms with E-state index in [-0.39, 0.29) is 11.3 Å². The molecule has 1 heterocycles. The summed E-state index contributed by atoms with van der Waals surface area (Å²) in [7, 11) is 0. The summed E-state index contributed by atoms with van der Waals surface area (Å²) in [6.45, 7) is 3.93. The number of hydrogen-bond acceptors (Lipinski definition) is 5. The Hall–Kier alpha value is -3.71. The highest BCUT2D eigenvalue weighted by molar-refractivity contribution is 6.33. The molecular formula is C22H16ClN3O4.